The molecule has 0 bridgehead atoms. The van der Waals surface area contributed by atoms with Gasteiger partial charge < -0.3 is 18.9 Å². The number of ether oxygens (including phenoxy) is 4. The molecule has 0 radical (unpaired) electrons. The van der Waals surface area contributed by atoms with Crippen LogP contribution >= 0.6 is 0 Å². The quantitative estimate of drug-likeness (QED) is 0.583. The summed E-state index contributed by atoms with van der Waals surface area (Å²) >= 11 is 0. The minimum Gasteiger partial charge on any atom is -0.492 e. The molecule has 2 atom stereocenters. The highest BCUT2D eigenvalue weighted by Crippen LogP contribution is 2.54. The first-order valence-electron chi connectivity index (χ1n) is 10.2. The van der Waals surface area contributed by atoms with Crippen LogP contribution in [-0.2, 0) is 0 Å². The lowest BCUT2D eigenvalue weighted by molar-refractivity contribution is 0.135. The Hall–Kier alpha value is -2.88. The van der Waals surface area contributed by atoms with Gasteiger partial charge in [0.05, 0.1) is 12.5 Å². The van der Waals surface area contributed by atoms with Crippen LogP contribution in [0.2, 0.25) is 0 Å². The fourth-order valence-corrected chi connectivity index (χ4v) is 4.60. The van der Waals surface area contributed by atoms with Gasteiger partial charge in [0.1, 0.15) is 40.3 Å². The maximum atomic E-state index is 6.45. The smallest absolute Gasteiger partial charge is 0.138 e. The van der Waals surface area contributed by atoms with Gasteiger partial charge in [-0.3, -0.25) is 0 Å². The molecule has 4 aliphatic rings. The summed E-state index contributed by atoms with van der Waals surface area (Å²) in [5.41, 5.74) is 3.77. The molecule has 0 unspecified atom stereocenters. The van der Waals surface area contributed by atoms with E-state index >= 15 is 0 Å². The van der Waals surface area contributed by atoms with Gasteiger partial charge in [-0.15, -0.1) is 0 Å². The Labute approximate surface area is 170 Å². The van der Waals surface area contributed by atoms with Crippen molar-refractivity contribution < 1.29 is 18.9 Å². The van der Waals surface area contributed by atoms with Crippen molar-refractivity contribution in [3.63, 3.8) is 0 Å². The summed E-state index contributed by atoms with van der Waals surface area (Å²) in [6, 6.07) is 8.40. The van der Waals surface area contributed by atoms with Crippen molar-refractivity contribution in [1.29, 1.82) is 0 Å². The van der Waals surface area contributed by atoms with E-state index in [1.165, 1.54) is 0 Å². The maximum Gasteiger partial charge on any atom is 0.138 e. The van der Waals surface area contributed by atoms with Gasteiger partial charge in [0.25, 0.3) is 0 Å². The van der Waals surface area contributed by atoms with Crippen molar-refractivity contribution in [2.75, 3.05) is 6.61 Å². The first kappa shape index (κ1) is 17.0. The van der Waals surface area contributed by atoms with Gasteiger partial charge in [-0.1, -0.05) is 12.2 Å². The molecule has 29 heavy (non-hydrogen) atoms. The SMILES string of the molecule is CC1(C)C=Cc2cc3c(cc2O1)OC[C@@H]1c2cc4c(cc2O[C@@H]31)C=CC(C)(C)O4. The van der Waals surface area contributed by atoms with E-state index < -0.39 is 0 Å². The summed E-state index contributed by atoms with van der Waals surface area (Å²) < 4.78 is 24.9. The lowest BCUT2D eigenvalue weighted by atomic mass is 9.87. The van der Waals surface area contributed by atoms with Crippen LogP contribution in [0.25, 0.3) is 12.2 Å². The Balaban J connectivity index is 1.40. The fraction of sp³-hybridized carbons (Fsp3) is 0.360. The molecule has 0 aliphatic carbocycles. The fourth-order valence-electron chi connectivity index (χ4n) is 4.60. The third kappa shape index (κ3) is 2.58. The summed E-state index contributed by atoms with van der Waals surface area (Å²) in [5.74, 6) is 3.71. The zero-order valence-corrected chi connectivity index (χ0v) is 17.1. The van der Waals surface area contributed by atoms with Crippen molar-refractivity contribution >= 4 is 12.2 Å². The first-order valence-corrected chi connectivity index (χ1v) is 10.2. The minimum absolute atomic E-state index is 0.0526. The third-order valence-corrected chi connectivity index (χ3v) is 6.10. The number of rotatable bonds is 0. The van der Waals surface area contributed by atoms with Gasteiger partial charge in [0, 0.05) is 28.3 Å². The highest BCUT2D eigenvalue weighted by atomic mass is 16.5. The Morgan fingerprint density at radius 3 is 2.10 bits per heavy atom. The Kier molecular flexibility index (Phi) is 3.16. The van der Waals surface area contributed by atoms with Crippen molar-refractivity contribution in [1.82, 2.24) is 0 Å². The molecule has 0 saturated carbocycles. The Morgan fingerprint density at radius 2 is 1.38 bits per heavy atom. The van der Waals surface area contributed by atoms with Crippen molar-refractivity contribution in [2.45, 2.75) is 50.9 Å². The third-order valence-electron chi connectivity index (χ3n) is 6.10. The van der Waals surface area contributed by atoms with Gasteiger partial charge in [0.15, 0.2) is 0 Å². The van der Waals surface area contributed by atoms with E-state index in [9.17, 15) is 0 Å². The highest BCUT2D eigenvalue weighted by Gasteiger charge is 2.42. The molecule has 4 aliphatic heterocycles. The maximum absolute atomic E-state index is 6.45. The molecule has 2 aromatic carbocycles. The van der Waals surface area contributed by atoms with Gasteiger partial charge >= 0.3 is 0 Å². The average molecular weight is 388 g/mol. The number of hydrogen-bond donors (Lipinski definition) is 0. The second-order valence-electron chi connectivity index (χ2n) is 9.39. The average Bonchev–Trinajstić information content (AvgIpc) is 3.01. The molecule has 0 aromatic heterocycles. The number of benzene rings is 2. The minimum atomic E-state index is -0.307. The van der Waals surface area contributed by atoms with Crippen LogP contribution < -0.4 is 18.9 Å². The zero-order chi connectivity index (χ0) is 20.0. The molecular weight excluding hydrogens is 364 g/mol. The number of fused-ring (bicyclic) bond motifs is 7. The Bertz CT molecular complexity index is 1110. The largest absolute Gasteiger partial charge is 0.492 e. The van der Waals surface area contributed by atoms with E-state index in [-0.39, 0.29) is 23.2 Å². The zero-order valence-electron chi connectivity index (χ0n) is 17.1. The molecule has 4 heterocycles. The summed E-state index contributed by atoms with van der Waals surface area (Å²) in [7, 11) is 0. The van der Waals surface area contributed by atoms with Crippen LogP contribution in [0.15, 0.2) is 36.4 Å². The van der Waals surface area contributed by atoms with Crippen molar-refractivity contribution in [3.05, 3.63) is 58.7 Å². The summed E-state index contributed by atoms with van der Waals surface area (Å²) in [5, 5.41) is 0. The molecular formula is C25H24O4. The van der Waals surface area contributed by atoms with E-state index in [2.05, 4.69) is 70.2 Å². The predicted molar refractivity (Wildman–Crippen MR) is 112 cm³/mol. The molecule has 148 valence electrons. The van der Waals surface area contributed by atoms with Gasteiger partial charge in [-0.2, -0.15) is 0 Å². The lowest BCUT2D eigenvalue weighted by Crippen LogP contribution is -2.28. The predicted octanol–water partition coefficient (Wildman–Crippen LogP) is 5.66. The van der Waals surface area contributed by atoms with Crippen LogP contribution in [0.3, 0.4) is 0 Å². The van der Waals surface area contributed by atoms with Crippen molar-refractivity contribution in [3.8, 4) is 23.0 Å². The van der Waals surface area contributed by atoms with Gasteiger partial charge in [-0.05, 0) is 58.0 Å². The van der Waals surface area contributed by atoms with E-state index in [1.807, 2.05) is 6.07 Å². The van der Waals surface area contributed by atoms with Crippen LogP contribution in [0.1, 0.15) is 62.0 Å². The van der Waals surface area contributed by atoms with Crippen LogP contribution in [-0.4, -0.2) is 17.8 Å². The topological polar surface area (TPSA) is 36.9 Å². The normalized spacial score (nSPS) is 25.8. The molecule has 0 fully saturated rings. The molecule has 0 N–H and O–H groups in total. The summed E-state index contributed by atoms with van der Waals surface area (Å²) in [4.78, 5) is 0. The molecule has 2 aromatic rings. The summed E-state index contributed by atoms with van der Waals surface area (Å²) in [6.07, 6.45) is 8.37. The second kappa shape index (κ2) is 5.38. The van der Waals surface area contributed by atoms with Crippen LogP contribution in [0.5, 0.6) is 23.0 Å². The van der Waals surface area contributed by atoms with E-state index in [0.717, 1.165) is 45.3 Å². The molecule has 6 rings (SSSR count). The molecule has 0 amide bonds. The molecule has 4 heteroatoms. The highest BCUT2D eigenvalue weighted by molar-refractivity contribution is 5.68. The molecule has 4 nitrogen and oxygen atoms in total. The van der Waals surface area contributed by atoms with Crippen LogP contribution in [0, 0.1) is 0 Å². The van der Waals surface area contributed by atoms with E-state index in [1.54, 1.807) is 0 Å². The summed E-state index contributed by atoms with van der Waals surface area (Å²) in [6.45, 7) is 8.83. The van der Waals surface area contributed by atoms with Crippen LogP contribution in [0.4, 0.5) is 0 Å². The molecule has 0 spiro atoms. The monoisotopic (exact) mass is 388 g/mol. The lowest BCUT2D eigenvalue weighted by Gasteiger charge is -2.32. The van der Waals surface area contributed by atoms with E-state index in [0.29, 0.717) is 6.61 Å². The van der Waals surface area contributed by atoms with Gasteiger partial charge in [0.2, 0.25) is 0 Å². The van der Waals surface area contributed by atoms with Gasteiger partial charge in [-0.25, -0.2) is 0 Å². The molecule has 0 saturated heterocycles. The number of hydrogen-bond acceptors (Lipinski definition) is 4. The Morgan fingerprint density at radius 1 is 0.724 bits per heavy atom. The first-order chi connectivity index (χ1) is 13.8. The second-order valence-corrected chi connectivity index (χ2v) is 9.39. The standard InChI is InChI=1S/C25H24O4/c1-24(2)8-6-15-10-22-16(11-19(15)28-24)18-13-26-21-12-20-14(5-7-25(3,4)29-20)9-17(21)23(18)27-22/h5-12,18,23H,13H2,1-4H3/t18-,23+/m1/s1. The van der Waals surface area contributed by atoms with E-state index in [4.69, 9.17) is 18.9 Å². The van der Waals surface area contributed by atoms with Crippen molar-refractivity contribution in [2.24, 2.45) is 0 Å².